The topological polar surface area (TPSA) is 124 Å². The van der Waals surface area contributed by atoms with Crippen molar-refractivity contribution in [2.75, 3.05) is 5.75 Å². The molecule has 0 saturated carbocycles. The number of amides is 1. The quantitative estimate of drug-likeness (QED) is 0.0290. The maximum absolute atomic E-state index is 12.6. The minimum absolute atomic E-state index is 0.269. The van der Waals surface area contributed by atoms with E-state index >= 15 is 0 Å². The van der Waals surface area contributed by atoms with Crippen molar-refractivity contribution in [3.05, 3.63) is 12.2 Å². The Balaban J connectivity index is 3.96. The van der Waals surface area contributed by atoms with Gasteiger partial charge in [-0.25, -0.2) is 0 Å². The van der Waals surface area contributed by atoms with Crippen LogP contribution in [0.15, 0.2) is 12.2 Å². The third-order valence-corrected chi connectivity index (χ3v) is 10.4. The summed E-state index contributed by atoms with van der Waals surface area (Å²) in [6.45, 7) is 4.49. The van der Waals surface area contributed by atoms with E-state index in [1.807, 2.05) is 0 Å². The van der Waals surface area contributed by atoms with Gasteiger partial charge in [-0.2, -0.15) is 8.42 Å². The monoisotopic (exact) mass is 702 g/mol. The predicted molar refractivity (Wildman–Crippen MR) is 204 cm³/mol. The predicted octanol–water partition coefficient (Wildman–Crippen LogP) is 10.8. The van der Waals surface area contributed by atoms with Crippen molar-refractivity contribution in [1.82, 2.24) is 5.32 Å². The molecular weight excluding hydrogens is 623 g/mol. The van der Waals surface area contributed by atoms with Crippen molar-refractivity contribution >= 4 is 16.0 Å². The van der Waals surface area contributed by atoms with Gasteiger partial charge >= 0.3 is 0 Å². The Bertz CT molecular complexity index is 834. The Morgan fingerprint density at radius 3 is 1.27 bits per heavy atom. The zero-order chi connectivity index (χ0) is 35.6. The van der Waals surface area contributed by atoms with Crippen LogP contribution in [-0.4, -0.2) is 53.1 Å². The number of nitrogens with one attached hydrogen (secondary N) is 1. The van der Waals surface area contributed by atoms with E-state index in [4.69, 9.17) is 0 Å². The Morgan fingerprint density at radius 2 is 0.875 bits per heavy atom. The molecule has 0 radical (unpaired) electrons. The molecule has 3 atom stereocenters. The fraction of sp³-hybridized carbons (Fsp3) is 0.925. The number of rotatable bonds is 37. The van der Waals surface area contributed by atoms with E-state index in [0.29, 0.717) is 19.3 Å². The maximum atomic E-state index is 12.6. The van der Waals surface area contributed by atoms with Gasteiger partial charge in [0.25, 0.3) is 10.1 Å². The lowest BCUT2D eigenvalue weighted by Gasteiger charge is -2.24. The van der Waals surface area contributed by atoms with E-state index in [0.717, 1.165) is 38.5 Å². The van der Waals surface area contributed by atoms with Crippen LogP contribution >= 0.6 is 0 Å². The molecule has 286 valence electrons. The summed E-state index contributed by atoms with van der Waals surface area (Å²) in [5.74, 6) is -1.47. The lowest BCUT2D eigenvalue weighted by atomic mass is 10.0. The van der Waals surface area contributed by atoms with Crippen molar-refractivity contribution in [2.24, 2.45) is 0 Å². The van der Waals surface area contributed by atoms with Gasteiger partial charge in [-0.3, -0.25) is 9.35 Å². The third kappa shape index (κ3) is 33.5. The highest BCUT2D eigenvalue weighted by atomic mass is 32.2. The van der Waals surface area contributed by atoms with Crippen molar-refractivity contribution in [3.63, 3.8) is 0 Å². The molecule has 0 aliphatic heterocycles. The van der Waals surface area contributed by atoms with Gasteiger partial charge in [-0.1, -0.05) is 187 Å². The number of carbonyl (C=O) groups excluding carboxylic acids is 1. The van der Waals surface area contributed by atoms with Crippen LogP contribution in [-0.2, 0) is 14.9 Å². The second-order valence-electron chi connectivity index (χ2n) is 14.4. The molecule has 0 spiro atoms. The second-order valence-corrected chi connectivity index (χ2v) is 15.9. The van der Waals surface area contributed by atoms with Crippen molar-refractivity contribution in [3.8, 4) is 0 Å². The van der Waals surface area contributed by atoms with Gasteiger partial charge in [0.05, 0.1) is 17.9 Å². The number of hydrogen-bond acceptors (Lipinski definition) is 5. The Labute approximate surface area is 297 Å². The highest BCUT2D eigenvalue weighted by Gasteiger charge is 2.28. The first kappa shape index (κ1) is 47.0. The molecule has 7 nitrogen and oxygen atoms in total. The number of hydrogen-bond donors (Lipinski definition) is 4. The average Bonchev–Trinajstić information content (AvgIpc) is 3.05. The van der Waals surface area contributed by atoms with Crippen LogP contribution in [0.4, 0.5) is 0 Å². The van der Waals surface area contributed by atoms with E-state index in [9.17, 15) is 28.0 Å². The van der Waals surface area contributed by atoms with Gasteiger partial charge < -0.3 is 15.5 Å². The first-order chi connectivity index (χ1) is 23.2. The second kappa shape index (κ2) is 34.5. The van der Waals surface area contributed by atoms with Crippen molar-refractivity contribution in [1.29, 1.82) is 0 Å². The van der Waals surface area contributed by atoms with E-state index < -0.39 is 40.0 Å². The first-order valence-corrected chi connectivity index (χ1v) is 22.1. The molecule has 0 rings (SSSR count). The third-order valence-electron chi connectivity index (χ3n) is 9.58. The molecule has 8 heteroatoms. The Hall–Kier alpha value is -0.960. The fourth-order valence-corrected chi connectivity index (χ4v) is 7.16. The van der Waals surface area contributed by atoms with Gasteiger partial charge in [0, 0.05) is 0 Å². The molecule has 0 aromatic rings. The van der Waals surface area contributed by atoms with Gasteiger partial charge in [0.15, 0.2) is 0 Å². The van der Waals surface area contributed by atoms with Gasteiger partial charge in [0.1, 0.15) is 6.10 Å². The standard InChI is InChI=1S/C40H79NO6S/c1-3-5-7-9-11-13-15-17-18-19-20-21-22-23-25-26-28-30-32-34-38(42)37(36-48(45,46)47)41-40(44)39(43)35-33-31-29-27-24-16-14-12-10-8-6-4-2/h24,27,37-39,42-43H,3-23,25-26,28-36H2,1-2H3,(H,41,44)(H,45,46,47)/b27-24-. The van der Waals surface area contributed by atoms with Crippen LogP contribution in [0.25, 0.3) is 0 Å². The van der Waals surface area contributed by atoms with E-state index in [2.05, 4.69) is 31.3 Å². The summed E-state index contributed by atoms with van der Waals surface area (Å²) in [6.07, 6.45) is 38.1. The first-order valence-electron chi connectivity index (χ1n) is 20.5. The normalized spacial score (nSPS) is 14.0. The summed E-state index contributed by atoms with van der Waals surface area (Å²) < 4.78 is 32.5. The van der Waals surface area contributed by atoms with Crippen LogP contribution in [0.2, 0.25) is 0 Å². The summed E-state index contributed by atoms with van der Waals surface area (Å²) in [5.41, 5.74) is 0. The van der Waals surface area contributed by atoms with Crippen LogP contribution in [0.5, 0.6) is 0 Å². The summed E-state index contributed by atoms with van der Waals surface area (Å²) >= 11 is 0. The lowest BCUT2D eigenvalue weighted by molar-refractivity contribution is -0.131. The number of aliphatic hydroxyl groups excluding tert-OH is 2. The molecule has 0 saturated heterocycles. The minimum atomic E-state index is -4.41. The van der Waals surface area contributed by atoms with Gasteiger partial charge in [-0.15, -0.1) is 0 Å². The fourth-order valence-electron chi connectivity index (χ4n) is 6.40. The van der Waals surface area contributed by atoms with Gasteiger partial charge in [0.2, 0.25) is 5.91 Å². The summed E-state index contributed by atoms with van der Waals surface area (Å²) in [4.78, 5) is 12.6. The average molecular weight is 702 g/mol. The largest absolute Gasteiger partial charge is 0.391 e. The van der Waals surface area contributed by atoms with Crippen molar-refractivity contribution in [2.45, 2.75) is 231 Å². The molecule has 0 fully saturated rings. The zero-order valence-corrected chi connectivity index (χ0v) is 32.3. The molecule has 0 aliphatic rings. The molecule has 0 aromatic carbocycles. The van der Waals surface area contributed by atoms with Crippen LogP contribution < -0.4 is 5.32 Å². The van der Waals surface area contributed by atoms with E-state index in [-0.39, 0.29) is 6.42 Å². The summed E-state index contributed by atoms with van der Waals surface area (Å²) in [5, 5.41) is 23.5. The zero-order valence-electron chi connectivity index (χ0n) is 31.5. The smallest absolute Gasteiger partial charge is 0.266 e. The van der Waals surface area contributed by atoms with E-state index in [1.165, 1.54) is 135 Å². The van der Waals surface area contributed by atoms with Crippen LogP contribution in [0, 0.1) is 0 Å². The SMILES string of the molecule is CCCCCCCC/C=C\CCCCC(O)C(=O)NC(CS(=O)(=O)O)C(O)CCCCCCCCCCCCCCCCCCCCC. The highest BCUT2D eigenvalue weighted by Crippen LogP contribution is 2.16. The molecule has 0 aliphatic carbocycles. The molecule has 1 amide bonds. The highest BCUT2D eigenvalue weighted by molar-refractivity contribution is 7.85. The van der Waals surface area contributed by atoms with Crippen LogP contribution in [0.1, 0.15) is 213 Å². The van der Waals surface area contributed by atoms with Crippen LogP contribution in [0.3, 0.4) is 0 Å². The molecule has 0 bridgehead atoms. The van der Waals surface area contributed by atoms with E-state index in [1.54, 1.807) is 0 Å². The molecule has 3 unspecified atom stereocenters. The lowest BCUT2D eigenvalue weighted by Crippen LogP contribution is -2.50. The number of unbranched alkanes of at least 4 members (excludes halogenated alkanes) is 26. The summed E-state index contributed by atoms with van der Waals surface area (Å²) in [7, 11) is -4.41. The molecular formula is C40H79NO6S. The Kier molecular flexibility index (Phi) is 33.8. The summed E-state index contributed by atoms with van der Waals surface area (Å²) in [6, 6.07) is -1.15. The number of allylic oxidation sites excluding steroid dienone is 2. The maximum Gasteiger partial charge on any atom is 0.266 e. The van der Waals surface area contributed by atoms with Gasteiger partial charge in [-0.05, 0) is 38.5 Å². The molecule has 4 N–H and O–H groups in total. The number of aliphatic hydroxyl groups is 2. The molecule has 0 aromatic heterocycles. The number of carbonyl (C=O) groups is 1. The molecule has 0 heterocycles. The Morgan fingerprint density at radius 1 is 0.542 bits per heavy atom. The van der Waals surface area contributed by atoms with Crippen molar-refractivity contribution < 1.29 is 28.0 Å². The minimum Gasteiger partial charge on any atom is -0.391 e. The molecule has 48 heavy (non-hydrogen) atoms.